The summed E-state index contributed by atoms with van der Waals surface area (Å²) in [6.07, 6.45) is 7.99. The minimum Gasteiger partial charge on any atom is -0.316 e. The number of halogens is 4. The number of fused-ring (bicyclic) bond motifs is 1. The summed E-state index contributed by atoms with van der Waals surface area (Å²) in [5.41, 5.74) is 2.58. The molecule has 0 N–H and O–H groups in total. The molecule has 0 amide bonds. The van der Waals surface area contributed by atoms with Crippen molar-refractivity contribution in [2.45, 2.75) is 70.3 Å². The summed E-state index contributed by atoms with van der Waals surface area (Å²) in [5, 5.41) is 1.01. The van der Waals surface area contributed by atoms with E-state index in [-0.39, 0.29) is 0 Å². The molecule has 42 heavy (non-hydrogen) atoms. The molecule has 1 aliphatic heterocycles. The van der Waals surface area contributed by atoms with E-state index in [2.05, 4.69) is 14.8 Å². The van der Waals surface area contributed by atoms with Crippen molar-refractivity contribution in [1.82, 2.24) is 19.4 Å². The summed E-state index contributed by atoms with van der Waals surface area (Å²) >= 11 is 0. The number of rotatable bonds is 8. The maximum Gasteiger partial charge on any atom is 0.416 e. The second-order valence-corrected chi connectivity index (χ2v) is 12.0. The molecule has 1 saturated heterocycles. The molecule has 1 saturated carbocycles. The Bertz CT molecular complexity index is 1490. The maximum absolute atomic E-state index is 14.1. The lowest BCUT2D eigenvalue weighted by Gasteiger charge is -2.41. The third kappa shape index (κ3) is 6.70. The molecule has 4 nitrogen and oxygen atoms in total. The quantitative estimate of drug-likeness (QED) is 0.156. The standard InChI is InChI=1S/C34H38F4N4/c35-33-18-25(15-16-39-33)20-40(21-26-8-7-17-41(22-26)29-10-2-1-3-11-29)23-27-24-42(32-14-5-4-13-31(27)32)30-12-6-9-28(19-30)34(36,37)38/h4-6,9,12-16,18-19,24,26,29H,1-3,7-8,10-11,17,20-23H2. The van der Waals surface area contributed by atoms with Gasteiger partial charge in [-0.3, -0.25) is 4.90 Å². The number of para-hydroxylation sites is 1. The van der Waals surface area contributed by atoms with E-state index < -0.39 is 17.7 Å². The van der Waals surface area contributed by atoms with Gasteiger partial charge >= 0.3 is 6.18 Å². The molecule has 1 unspecified atom stereocenters. The molecule has 1 atom stereocenters. The van der Waals surface area contributed by atoms with Crippen molar-refractivity contribution < 1.29 is 17.6 Å². The summed E-state index contributed by atoms with van der Waals surface area (Å²) in [4.78, 5) is 8.82. The SMILES string of the molecule is Fc1cc(CN(Cc2cn(-c3cccc(C(F)(F)F)c3)c3ccccc23)CC2CCCN(C3CCCCC3)C2)ccn1. The van der Waals surface area contributed by atoms with E-state index in [9.17, 15) is 17.6 Å². The van der Waals surface area contributed by atoms with Crippen molar-refractivity contribution in [1.29, 1.82) is 0 Å². The van der Waals surface area contributed by atoms with Crippen LogP contribution in [0.2, 0.25) is 0 Å². The van der Waals surface area contributed by atoms with E-state index in [0.29, 0.717) is 30.7 Å². The summed E-state index contributed by atoms with van der Waals surface area (Å²) in [5.74, 6) is 0.0129. The van der Waals surface area contributed by atoms with Crippen molar-refractivity contribution in [2.75, 3.05) is 19.6 Å². The normalized spacial score (nSPS) is 19.1. The van der Waals surface area contributed by atoms with Gasteiger partial charge in [0.25, 0.3) is 0 Å². The van der Waals surface area contributed by atoms with Gasteiger partial charge in [0.2, 0.25) is 5.95 Å². The molecule has 2 aromatic heterocycles. The van der Waals surface area contributed by atoms with Gasteiger partial charge in [0.1, 0.15) is 0 Å². The van der Waals surface area contributed by atoms with Gasteiger partial charge in [0, 0.05) is 55.7 Å². The molecule has 8 heteroatoms. The lowest BCUT2D eigenvalue weighted by molar-refractivity contribution is -0.137. The van der Waals surface area contributed by atoms with Crippen LogP contribution in [0.3, 0.4) is 0 Å². The zero-order valence-electron chi connectivity index (χ0n) is 23.9. The fourth-order valence-electron chi connectivity index (χ4n) is 7.04. The Morgan fingerprint density at radius 1 is 0.881 bits per heavy atom. The molecule has 2 aliphatic rings. The van der Waals surface area contributed by atoms with Gasteiger partial charge in [-0.2, -0.15) is 17.6 Å². The van der Waals surface area contributed by atoms with Crippen molar-refractivity contribution in [3.63, 3.8) is 0 Å². The second kappa shape index (κ2) is 12.6. The largest absolute Gasteiger partial charge is 0.416 e. The summed E-state index contributed by atoms with van der Waals surface area (Å²) < 4.78 is 56.5. The lowest BCUT2D eigenvalue weighted by Crippen LogP contribution is -2.46. The van der Waals surface area contributed by atoms with Crippen molar-refractivity contribution in [3.05, 3.63) is 95.7 Å². The van der Waals surface area contributed by atoms with Crippen LogP contribution >= 0.6 is 0 Å². The Morgan fingerprint density at radius 2 is 1.71 bits per heavy atom. The number of likely N-dealkylation sites (tertiary alicyclic amines) is 1. The number of hydrogen-bond acceptors (Lipinski definition) is 3. The number of benzene rings is 2. The van der Waals surface area contributed by atoms with E-state index in [1.165, 1.54) is 69.5 Å². The van der Waals surface area contributed by atoms with Crippen LogP contribution in [-0.4, -0.2) is 45.0 Å². The van der Waals surface area contributed by atoms with Gasteiger partial charge in [-0.25, -0.2) is 4.98 Å². The Labute approximate surface area is 245 Å². The van der Waals surface area contributed by atoms with Gasteiger partial charge in [0.05, 0.1) is 11.1 Å². The third-order valence-corrected chi connectivity index (χ3v) is 9.00. The first-order chi connectivity index (χ1) is 20.3. The summed E-state index contributed by atoms with van der Waals surface area (Å²) in [6, 6.07) is 17.4. The Hall–Kier alpha value is -3.23. The Kier molecular flexibility index (Phi) is 8.63. The first-order valence-corrected chi connectivity index (χ1v) is 15.2. The first kappa shape index (κ1) is 28.9. The monoisotopic (exact) mass is 578 g/mol. The minimum atomic E-state index is -4.41. The number of pyridine rings is 1. The molecule has 222 valence electrons. The zero-order valence-corrected chi connectivity index (χ0v) is 23.9. The molecule has 2 fully saturated rings. The highest BCUT2D eigenvalue weighted by molar-refractivity contribution is 5.85. The predicted octanol–water partition coefficient (Wildman–Crippen LogP) is 8.23. The van der Waals surface area contributed by atoms with Crippen LogP contribution in [0.1, 0.15) is 61.6 Å². The van der Waals surface area contributed by atoms with E-state index in [0.717, 1.165) is 47.6 Å². The molecule has 1 aliphatic carbocycles. The highest BCUT2D eigenvalue weighted by atomic mass is 19.4. The number of alkyl halides is 3. The highest BCUT2D eigenvalue weighted by Crippen LogP contribution is 2.33. The van der Waals surface area contributed by atoms with Crippen molar-refractivity contribution >= 4 is 10.9 Å². The van der Waals surface area contributed by atoms with Gasteiger partial charge in [-0.05, 0) is 85.7 Å². The van der Waals surface area contributed by atoms with Gasteiger partial charge in [-0.1, -0.05) is 43.5 Å². The van der Waals surface area contributed by atoms with Crippen molar-refractivity contribution in [3.8, 4) is 5.69 Å². The minimum absolute atomic E-state index is 0.477. The molecule has 0 bridgehead atoms. The topological polar surface area (TPSA) is 24.3 Å². The average molecular weight is 579 g/mol. The highest BCUT2D eigenvalue weighted by Gasteiger charge is 2.31. The van der Waals surface area contributed by atoms with Crippen LogP contribution in [0, 0.1) is 11.9 Å². The van der Waals surface area contributed by atoms with E-state index >= 15 is 0 Å². The molecular weight excluding hydrogens is 540 g/mol. The van der Waals surface area contributed by atoms with E-state index in [1.807, 2.05) is 41.1 Å². The van der Waals surface area contributed by atoms with Crippen LogP contribution in [0.25, 0.3) is 16.6 Å². The summed E-state index contributed by atoms with van der Waals surface area (Å²) in [7, 11) is 0. The average Bonchev–Trinajstić information content (AvgIpc) is 3.36. The molecule has 2 aromatic carbocycles. The smallest absolute Gasteiger partial charge is 0.316 e. The Balaban J connectivity index is 1.29. The molecule has 3 heterocycles. The summed E-state index contributed by atoms with van der Waals surface area (Å²) in [6.45, 7) is 4.30. The number of piperidine rings is 1. The third-order valence-electron chi connectivity index (χ3n) is 9.00. The molecule has 6 rings (SSSR count). The van der Waals surface area contributed by atoms with E-state index in [1.54, 1.807) is 6.07 Å². The number of nitrogens with zero attached hydrogens (tertiary/aromatic N) is 4. The van der Waals surface area contributed by atoms with Crippen LogP contribution in [0.5, 0.6) is 0 Å². The van der Waals surface area contributed by atoms with Crippen LogP contribution < -0.4 is 0 Å². The van der Waals surface area contributed by atoms with E-state index in [4.69, 9.17) is 0 Å². The fraction of sp³-hybridized carbons (Fsp3) is 0.441. The number of hydrogen-bond donors (Lipinski definition) is 0. The zero-order chi connectivity index (χ0) is 29.1. The van der Waals surface area contributed by atoms with Gasteiger partial charge < -0.3 is 9.47 Å². The molecular formula is C34H38F4N4. The number of aromatic nitrogens is 2. The van der Waals surface area contributed by atoms with Crippen LogP contribution in [0.4, 0.5) is 17.6 Å². The van der Waals surface area contributed by atoms with Crippen LogP contribution in [0.15, 0.2) is 73.1 Å². The maximum atomic E-state index is 14.1. The molecule has 4 aromatic rings. The Morgan fingerprint density at radius 3 is 2.52 bits per heavy atom. The van der Waals surface area contributed by atoms with Gasteiger partial charge in [0.15, 0.2) is 0 Å². The predicted molar refractivity (Wildman–Crippen MR) is 158 cm³/mol. The molecule has 0 radical (unpaired) electrons. The fourth-order valence-corrected chi connectivity index (χ4v) is 7.04. The van der Waals surface area contributed by atoms with Crippen LogP contribution in [-0.2, 0) is 19.3 Å². The van der Waals surface area contributed by atoms with Crippen molar-refractivity contribution in [2.24, 2.45) is 5.92 Å². The van der Waals surface area contributed by atoms with Gasteiger partial charge in [-0.15, -0.1) is 0 Å². The second-order valence-electron chi connectivity index (χ2n) is 12.0. The molecule has 0 spiro atoms. The first-order valence-electron chi connectivity index (χ1n) is 15.2. The lowest BCUT2D eigenvalue weighted by atomic mass is 9.90.